The lowest BCUT2D eigenvalue weighted by Crippen LogP contribution is -2.23. The number of amides is 1. The Labute approximate surface area is 173 Å². The molecule has 0 atom stereocenters. The number of rotatable bonds is 5. The summed E-state index contributed by atoms with van der Waals surface area (Å²) in [6, 6.07) is 6.93. The summed E-state index contributed by atoms with van der Waals surface area (Å²) in [5, 5.41) is 19.2. The minimum atomic E-state index is -0.723. The molecule has 8 nitrogen and oxygen atoms in total. The van der Waals surface area contributed by atoms with E-state index in [1.54, 1.807) is 0 Å². The maximum absolute atomic E-state index is 13.9. The van der Waals surface area contributed by atoms with Crippen LogP contribution < -0.4 is 5.32 Å². The summed E-state index contributed by atoms with van der Waals surface area (Å²) < 4.78 is 28.4. The van der Waals surface area contributed by atoms with Crippen molar-refractivity contribution in [3.63, 3.8) is 0 Å². The highest BCUT2D eigenvalue weighted by molar-refractivity contribution is 7.14. The second-order valence-electron chi connectivity index (χ2n) is 6.41. The highest BCUT2D eigenvalue weighted by Gasteiger charge is 2.15. The molecule has 3 heterocycles. The number of halogens is 2. The molecule has 152 valence electrons. The van der Waals surface area contributed by atoms with Gasteiger partial charge in [0.15, 0.2) is 10.7 Å². The molecule has 0 radical (unpaired) electrons. The summed E-state index contributed by atoms with van der Waals surface area (Å²) in [6.45, 7) is 3.82. The molecule has 4 rings (SSSR count). The van der Waals surface area contributed by atoms with Crippen molar-refractivity contribution in [3.05, 3.63) is 70.3 Å². The number of nitrogens with zero attached hydrogens (tertiary/aromatic N) is 6. The molecule has 4 aromatic rings. The Bertz CT molecular complexity index is 1240. The predicted octanol–water partition coefficient (Wildman–Crippen LogP) is 3.01. The van der Waals surface area contributed by atoms with E-state index in [4.69, 9.17) is 0 Å². The predicted molar refractivity (Wildman–Crippen MR) is 105 cm³/mol. The number of carbonyl (C=O) groups is 1. The zero-order valence-corrected chi connectivity index (χ0v) is 16.7. The number of hydrogen-bond donors (Lipinski definition) is 1. The van der Waals surface area contributed by atoms with Crippen molar-refractivity contribution < 1.29 is 13.6 Å². The minimum absolute atomic E-state index is 0.0806. The molecular formula is C19H15F2N7OS. The van der Waals surface area contributed by atoms with Crippen LogP contribution in [0.25, 0.3) is 16.3 Å². The van der Waals surface area contributed by atoms with E-state index in [1.807, 2.05) is 26.0 Å². The summed E-state index contributed by atoms with van der Waals surface area (Å²) in [5.41, 5.74) is 2.65. The standard InChI is InChI=1S/C19H15F2N7OS/c1-10-3-6-16(11(2)23-10)28-9-15(24-27-28)18(29)22-8-17-25-26-19(30-17)13-5-4-12(20)7-14(13)21/h3-7,9H,8H2,1-2H3,(H,22,29). The van der Waals surface area contributed by atoms with E-state index in [1.165, 1.54) is 16.9 Å². The Morgan fingerprint density at radius 1 is 1.13 bits per heavy atom. The van der Waals surface area contributed by atoms with E-state index in [-0.39, 0.29) is 17.8 Å². The zero-order valence-electron chi connectivity index (χ0n) is 15.9. The third-order valence-electron chi connectivity index (χ3n) is 4.20. The Balaban J connectivity index is 1.43. The third-order valence-corrected chi connectivity index (χ3v) is 5.16. The number of pyridine rings is 1. The molecular weight excluding hydrogens is 412 g/mol. The highest BCUT2D eigenvalue weighted by atomic mass is 32.1. The van der Waals surface area contributed by atoms with E-state index >= 15 is 0 Å². The van der Waals surface area contributed by atoms with Gasteiger partial charge in [0.2, 0.25) is 0 Å². The molecule has 1 aromatic carbocycles. The van der Waals surface area contributed by atoms with Crippen molar-refractivity contribution in [2.24, 2.45) is 0 Å². The lowest BCUT2D eigenvalue weighted by atomic mass is 10.2. The molecule has 0 fully saturated rings. The summed E-state index contributed by atoms with van der Waals surface area (Å²) in [7, 11) is 0. The minimum Gasteiger partial charge on any atom is -0.344 e. The van der Waals surface area contributed by atoms with Crippen molar-refractivity contribution in [3.8, 4) is 16.3 Å². The van der Waals surface area contributed by atoms with E-state index in [2.05, 4.69) is 30.8 Å². The van der Waals surface area contributed by atoms with E-state index in [0.29, 0.717) is 10.0 Å². The van der Waals surface area contributed by atoms with Crippen molar-refractivity contribution in [2.75, 3.05) is 0 Å². The number of aryl methyl sites for hydroxylation is 2. The van der Waals surface area contributed by atoms with Crippen LogP contribution >= 0.6 is 11.3 Å². The van der Waals surface area contributed by atoms with Gasteiger partial charge in [-0.3, -0.25) is 9.78 Å². The van der Waals surface area contributed by atoms with Crippen LogP contribution in [0, 0.1) is 25.5 Å². The van der Waals surface area contributed by atoms with Crippen LogP contribution in [0.15, 0.2) is 36.5 Å². The van der Waals surface area contributed by atoms with Crippen LogP contribution in [-0.2, 0) is 6.54 Å². The lowest BCUT2D eigenvalue weighted by Gasteiger charge is -2.04. The SMILES string of the molecule is Cc1ccc(-n2cc(C(=O)NCc3nnc(-c4ccc(F)cc4F)s3)nn2)c(C)n1. The maximum atomic E-state index is 13.9. The number of aromatic nitrogens is 6. The molecule has 0 saturated heterocycles. The highest BCUT2D eigenvalue weighted by Crippen LogP contribution is 2.26. The zero-order chi connectivity index (χ0) is 21.3. The molecule has 1 N–H and O–H groups in total. The molecule has 0 aliphatic heterocycles. The van der Waals surface area contributed by atoms with Gasteiger partial charge in [0.1, 0.15) is 16.6 Å². The first-order chi connectivity index (χ1) is 14.4. The molecule has 0 saturated carbocycles. The molecule has 3 aromatic heterocycles. The van der Waals surface area contributed by atoms with Crippen LogP contribution in [0.1, 0.15) is 26.9 Å². The first-order valence-corrected chi connectivity index (χ1v) is 9.65. The molecule has 11 heteroatoms. The second-order valence-corrected chi connectivity index (χ2v) is 7.48. The molecule has 0 unspecified atom stereocenters. The average Bonchev–Trinajstić information content (AvgIpc) is 3.36. The summed E-state index contributed by atoms with van der Waals surface area (Å²) in [5.74, 6) is -1.83. The number of nitrogens with one attached hydrogen (secondary N) is 1. The van der Waals surface area contributed by atoms with Crippen LogP contribution in [0.5, 0.6) is 0 Å². The van der Waals surface area contributed by atoms with Gasteiger partial charge in [-0.15, -0.1) is 15.3 Å². The second kappa shape index (κ2) is 8.03. The van der Waals surface area contributed by atoms with E-state index in [0.717, 1.165) is 40.5 Å². The average molecular weight is 427 g/mol. The topological polar surface area (TPSA) is 98.5 Å². The first kappa shape index (κ1) is 19.7. The van der Waals surface area contributed by atoms with E-state index < -0.39 is 17.5 Å². The largest absolute Gasteiger partial charge is 0.344 e. The van der Waals surface area contributed by atoms with Gasteiger partial charge in [0.25, 0.3) is 5.91 Å². The van der Waals surface area contributed by atoms with Gasteiger partial charge >= 0.3 is 0 Å². The van der Waals surface area contributed by atoms with Crippen LogP contribution in [0.4, 0.5) is 8.78 Å². The van der Waals surface area contributed by atoms with E-state index in [9.17, 15) is 13.6 Å². The number of benzene rings is 1. The van der Waals surface area contributed by atoms with Gasteiger partial charge in [0.05, 0.1) is 24.1 Å². The van der Waals surface area contributed by atoms with Crippen molar-refractivity contribution in [2.45, 2.75) is 20.4 Å². The Kier molecular flexibility index (Phi) is 5.27. The van der Waals surface area contributed by atoms with Gasteiger partial charge in [0, 0.05) is 17.3 Å². The Hall–Kier alpha value is -3.60. The fourth-order valence-electron chi connectivity index (χ4n) is 2.75. The fourth-order valence-corrected chi connectivity index (χ4v) is 3.56. The maximum Gasteiger partial charge on any atom is 0.273 e. The molecule has 0 aliphatic rings. The van der Waals surface area contributed by atoms with Gasteiger partial charge in [-0.2, -0.15) is 0 Å². The summed E-state index contributed by atoms with van der Waals surface area (Å²) in [4.78, 5) is 16.8. The molecule has 0 aliphatic carbocycles. The Morgan fingerprint density at radius 2 is 1.97 bits per heavy atom. The quantitative estimate of drug-likeness (QED) is 0.526. The van der Waals surface area contributed by atoms with Gasteiger partial charge in [-0.05, 0) is 38.1 Å². The van der Waals surface area contributed by atoms with Crippen LogP contribution in [-0.4, -0.2) is 36.1 Å². The normalized spacial score (nSPS) is 10.9. The van der Waals surface area contributed by atoms with Crippen LogP contribution in [0.3, 0.4) is 0 Å². The van der Waals surface area contributed by atoms with Crippen molar-refractivity contribution in [1.29, 1.82) is 0 Å². The monoisotopic (exact) mass is 427 g/mol. The van der Waals surface area contributed by atoms with Gasteiger partial charge in [-0.1, -0.05) is 16.6 Å². The third kappa shape index (κ3) is 4.06. The van der Waals surface area contributed by atoms with Crippen LogP contribution in [0.2, 0.25) is 0 Å². The van der Waals surface area contributed by atoms with Gasteiger partial charge in [-0.25, -0.2) is 13.5 Å². The summed E-state index contributed by atoms with van der Waals surface area (Å²) >= 11 is 1.10. The lowest BCUT2D eigenvalue weighted by molar-refractivity contribution is 0.0945. The Morgan fingerprint density at radius 3 is 2.73 bits per heavy atom. The fraction of sp³-hybridized carbons (Fsp3) is 0.158. The first-order valence-electron chi connectivity index (χ1n) is 8.83. The van der Waals surface area contributed by atoms with Gasteiger partial charge < -0.3 is 5.32 Å². The molecule has 0 spiro atoms. The van der Waals surface area contributed by atoms with Crippen molar-refractivity contribution in [1.82, 2.24) is 35.5 Å². The molecule has 30 heavy (non-hydrogen) atoms. The number of carbonyl (C=O) groups excluding carboxylic acids is 1. The van der Waals surface area contributed by atoms with Crippen molar-refractivity contribution >= 4 is 17.2 Å². The smallest absolute Gasteiger partial charge is 0.273 e. The number of hydrogen-bond acceptors (Lipinski definition) is 7. The molecule has 0 bridgehead atoms. The summed E-state index contributed by atoms with van der Waals surface area (Å²) in [6.07, 6.45) is 1.51. The molecule has 1 amide bonds.